The van der Waals surface area contributed by atoms with Crippen LogP contribution in [0.3, 0.4) is 0 Å². The molecule has 0 aliphatic carbocycles. The number of furan rings is 1. The molecular weight excluding hydrogens is 641 g/mol. The van der Waals surface area contributed by atoms with E-state index in [0.29, 0.717) is 23.2 Å². The molecule has 0 spiro atoms. The Balaban J connectivity index is 1.15. The number of hydrogen-bond donors (Lipinski definition) is 1. The molecule has 0 saturated heterocycles. The number of hydrogen-bond acceptors (Lipinski definition) is 6. The van der Waals surface area contributed by atoms with Crippen molar-refractivity contribution in [2.75, 3.05) is 5.32 Å². The van der Waals surface area contributed by atoms with Gasteiger partial charge in [-0.3, -0.25) is 0 Å². The van der Waals surface area contributed by atoms with Crippen molar-refractivity contribution in [1.29, 1.82) is 0 Å². The molecule has 6 nitrogen and oxygen atoms in total. The smallest absolute Gasteiger partial charge is 0.196 e. The maximum Gasteiger partial charge on any atom is 0.196 e. The van der Waals surface area contributed by atoms with Crippen LogP contribution in [0.15, 0.2) is 174 Å². The molecule has 0 bridgehead atoms. The fourth-order valence-electron chi connectivity index (χ4n) is 7.06. The lowest BCUT2D eigenvalue weighted by Crippen LogP contribution is -2.09. The topological polar surface area (TPSA) is 73.1 Å². The van der Waals surface area contributed by atoms with Gasteiger partial charge in [-0.25, -0.2) is 15.0 Å². The number of fused-ring (bicyclic) bond motifs is 4. The predicted octanol–water partition coefficient (Wildman–Crippen LogP) is 11.6. The van der Waals surface area contributed by atoms with E-state index < -0.39 is 0 Å². The van der Waals surface area contributed by atoms with Gasteiger partial charge in [0.2, 0.25) is 0 Å². The number of para-hydroxylation sites is 2. The normalized spacial score (nSPS) is 13.5. The van der Waals surface area contributed by atoms with Crippen molar-refractivity contribution in [2.24, 2.45) is 0 Å². The lowest BCUT2D eigenvalue weighted by atomic mass is 9.95. The SMILES string of the molecule is c1ccc(-c2cccc(-c3ccccc3-c3nc(-c4ccc5oc6ccccc6c5c4)nc(-c4cccc5c4OC(c4ccccc4)N5)n3)c2)cc1. The fraction of sp³-hybridized carbons (Fsp3) is 0.0217. The van der Waals surface area contributed by atoms with Gasteiger partial charge in [0.1, 0.15) is 11.2 Å². The third-order valence-electron chi connectivity index (χ3n) is 9.60. The highest BCUT2D eigenvalue weighted by atomic mass is 16.5. The first-order valence-electron chi connectivity index (χ1n) is 17.3. The summed E-state index contributed by atoms with van der Waals surface area (Å²) in [6.07, 6.45) is -0.326. The Morgan fingerprint density at radius 2 is 1.06 bits per heavy atom. The molecule has 1 atom stereocenters. The van der Waals surface area contributed by atoms with Crippen molar-refractivity contribution < 1.29 is 9.15 Å². The first-order valence-corrected chi connectivity index (χ1v) is 17.3. The van der Waals surface area contributed by atoms with E-state index in [2.05, 4.69) is 96.3 Å². The second-order valence-electron chi connectivity index (χ2n) is 12.8. The van der Waals surface area contributed by atoms with Crippen LogP contribution in [0.5, 0.6) is 5.75 Å². The van der Waals surface area contributed by atoms with Gasteiger partial charge in [0.25, 0.3) is 0 Å². The summed E-state index contributed by atoms with van der Waals surface area (Å²) in [5.74, 6) is 2.36. The lowest BCUT2D eigenvalue weighted by Gasteiger charge is -2.14. The van der Waals surface area contributed by atoms with Gasteiger partial charge in [0.05, 0.1) is 11.3 Å². The second-order valence-corrected chi connectivity index (χ2v) is 12.8. The summed E-state index contributed by atoms with van der Waals surface area (Å²) in [5, 5.41) is 5.59. The van der Waals surface area contributed by atoms with Crippen LogP contribution in [0.4, 0.5) is 5.69 Å². The van der Waals surface area contributed by atoms with E-state index in [1.807, 2.05) is 78.9 Å². The van der Waals surface area contributed by atoms with Gasteiger partial charge in [-0.1, -0.05) is 127 Å². The summed E-state index contributed by atoms with van der Waals surface area (Å²) >= 11 is 0. The standard InChI is InChI=1S/C46H30N4O2/c1-3-13-29(14-4-1)31-17-11-18-32(27-31)34-19-7-8-21-36(34)44-48-43(33-25-26-41-38(28-33)35-20-9-10-24-40(35)51-41)49-45(50-44)37-22-12-23-39-42(37)52-46(47-39)30-15-5-2-6-16-30/h1-28,46-47H. The summed E-state index contributed by atoms with van der Waals surface area (Å²) in [5.41, 5.74) is 10.5. The van der Waals surface area contributed by atoms with E-state index >= 15 is 0 Å². The monoisotopic (exact) mass is 670 g/mol. The van der Waals surface area contributed by atoms with E-state index in [4.69, 9.17) is 24.1 Å². The van der Waals surface area contributed by atoms with Crippen LogP contribution < -0.4 is 10.1 Å². The quantitative estimate of drug-likeness (QED) is 0.190. The van der Waals surface area contributed by atoms with Gasteiger partial charge in [0, 0.05) is 27.5 Å². The third-order valence-corrected chi connectivity index (χ3v) is 9.60. The molecule has 1 aliphatic heterocycles. The summed E-state index contributed by atoms with van der Waals surface area (Å²) in [4.78, 5) is 15.5. The molecule has 9 aromatic rings. The maximum atomic E-state index is 6.59. The van der Waals surface area contributed by atoms with Gasteiger partial charge in [0.15, 0.2) is 29.5 Å². The summed E-state index contributed by atoms with van der Waals surface area (Å²) in [6, 6.07) is 57.7. The molecular formula is C46H30N4O2. The van der Waals surface area contributed by atoms with Crippen LogP contribution in [0.25, 0.3) is 78.4 Å². The van der Waals surface area contributed by atoms with Crippen molar-refractivity contribution in [1.82, 2.24) is 15.0 Å². The molecule has 0 radical (unpaired) electrons. The summed E-state index contributed by atoms with van der Waals surface area (Å²) in [6.45, 7) is 0. The van der Waals surface area contributed by atoms with Crippen molar-refractivity contribution in [3.63, 3.8) is 0 Å². The first kappa shape index (κ1) is 29.8. The van der Waals surface area contributed by atoms with Gasteiger partial charge >= 0.3 is 0 Å². The van der Waals surface area contributed by atoms with Crippen LogP contribution in [0.1, 0.15) is 11.8 Å². The van der Waals surface area contributed by atoms with Crippen LogP contribution in [-0.4, -0.2) is 15.0 Å². The molecule has 2 aromatic heterocycles. The van der Waals surface area contributed by atoms with E-state index in [9.17, 15) is 0 Å². The van der Waals surface area contributed by atoms with E-state index in [0.717, 1.165) is 72.1 Å². The lowest BCUT2D eigenvalue weighted by molar-refractivity contribution is 0.260. The number of anilines is 1. The predicted molar refractivity (Wildman–Crippen MR) is 208 cm³/mol. The van der Waals surface area contributed by atoms with E-state index in [-0.39, 0.29) is 6.23 Å². The Kier molecular flexibility index (Phi) is 7.10. The molecule has 52 heavy (non-hydrogen) atoms. The molecule has 10 rings (SSSR count). The molecule has 0 amide bonds. The molecule has 3 heterocycles. The minimum Gasteiger partial charge on any atom is -0.464 e. The van der Waals surface area contributed by atoms with Crippen LogP contribution in [0.2, 0.25) is 0 Å². The summed E-state index contributed by atoms with van der Waals surface area (Å²) in [7, 11) is 0. The highest BCUT2D eigenvalue weighted by Crippen LogP contribution is 2.45. The zero-order valence-corrected chi connectivity index (χ0v) is 27.9. The van der Waals surface area contributed by atoms with Gasteiger partial charge in [-0.05, 0) is 64.7 Å². The average Bonchev–Trinajstić information content (AvgIpc) is 3.83. The Morgan fingerprint density at radius 3 is 1.92 bits per heavy atom. The van der Waals surface area contributed by atoms with Crippen molar-refractivity contribution in [3.8, 4) is 62.2 Å². The number of aromatic nitrogens is 3. The molecule has 6 heteroatoms. The van der Waals surface area contributed by atoms with Crippen LogP contribution in [0, 0.1) is 0 Å². The van der Waals surface area contributed by atoms with Crippen LogP contribution in [-0.2, 0) is 0 Å². The Bertz CT molecular complexity index is 2760. The zero-order valence-electron chi connectivity index (χ0n) is 27.9. The summed E-state index contributed by atoms with van der Waals surface area (Å²) < 4.78 is 12.7. The van der Waals surface area contributed by atoms with Crippen LogP contribution >= 0.6 is 0 Å². The molecule has 0 saturated carbocycles. The first-order chi connectivity index (χ1) is 25.7. The third kappa shape index (κ3) is 5.25. The number of rotatable bonds is 6. The number of nitrogens with one attached hydrogen (secondary N) is 1. The molecule has 1 aliphatic rings. The number of nitrogens with zero attached hydrogens (tertiary/aromatic N) is 3. The highest BCUT2D eigenvalue weighted by Gasteiger charge is 2.28. The minimum absolute atomic E-state index is 0.326. The minimum atomic E-state index is -0.326. The highest BCUT2D eigenvalue weighted by molar-refractivity contribution is 6.06. The van der Waals surface area contributed by atoms with Crippen molar-refractivity contribution in [3.05, 3.63) is 175 Å². The average molecular weight is 671 g/mol. The van der Waals surface area contributed by atoms with Crippen molar-refractivity contribution >= 4 is 27.6 Å². The Morgan fingerprint density at radius 1 is 0.423 bits per heavy atom. The zero-order chi connectivity index (χ0) is 34.4. The number of ether oxygens (including phenoxy) is 1. The second kappa shape index (κ2) is 12.4. The van der Waals surface area contributed by atoms with Gasteiger partial charge < -0.3 is 14.5 Å². The Hall–Kier alpha value is -7.05. The van der Waals surface area contributed by atoms with Crippen molar-refractivity contribution in [2.45, 2.75) is 6.23 Å². The van der Waals surface area contributed by atoms with Gasteiger partial charge in [-0.15, -0.1) is 0 Å². The number of benzene rings is 7. The molecule has 0 fully saturated rings. The molecule has 246 valence electrons. The molecule has 1 N–H and O–H groups in total. The molecule has 1 unspecified atom stereocenters. The Labute approximate surface area is 300 Å². The fourth-order valence-corrected chi connectivity index (χ4v) is 7.06. The largest absolute Gasteiger partial charge is 0.464 e. The van der Waals surface area contributed by atoms with Gasteiger partial charge in [-0.2, -0.15) is 0 Å². The van der Waals surface area contributed by atoms with E-state index in [1.165, 1.54) is 0 Å². The van der Waals surface area contributed by atoms with E-state index in [1.54, 1.807) is 0 Å². The molecule has 7 aromatic carbocycles. The maximum absolute atomic E-state index is 6.59.